The van der Waals surface area contributed by atoms with Gasteiger partial charge in [0.05, 0.1) is 10.7 Å². The molecule has 3 nitrogen and oxygen atoms in total. The molecule has 16 heavy (non-hydrogen) atoms. The molecule has 1 rings (SSSR count). The van der Waals surface area contributed by atoms with E-state index in [-0.39, 0.29) is 5.56 Å². The minimum absolute atomic E-state index is 0.0851. The lowest BCUT2D eigenvalue weighted by atomic mass is 10.2. The predicted octanol–water partition coefficient (Wildman–Crippen LogP) is 3.51. The molecule has 0 atom stereocenters. The topological polar surface area (TPSA) is 34.9 Å². The summed E-state index contributed by atoms with van der Waals surface area (Å²) >= 11 is 6.48. The van der Waals surface area contributed by atoms with E-state index in [1.54, 1.807) is 6.20 Å². The fourth-order valence-electron chi connectivity index (χ4n) is 1.33. The van der Waals surface area contributed by atoms with E-state index in [1.165, 1.54) is 4.68 Å². The molecule has 0 bridgehead atoms. The van der Waals surface area contributed by atoms with Gasteiger partial charge in [-0.3, -0.25) is 4.79 Å². The maximum absolute atomic E-state index is 11.7. The summed E-state index contributed by atoms with van der Waals surface area (Å²) in [6, 6.07) is 0. The molecule has 0 N–H and O–H groups in total. The van der Waals surface area contributed by atoms with E-state index in [9.17, 15) is 4.79 Å². The molecule has 0 saturated heterocycles. The third kappa shape index (κ3) is 3.87. The molecule has 1 heterocycles. The second kappa shape index (κ2) is 7.01. The smallest absolute Gasteiger partial charge is 0.266 e. The maximum Gasteiger partial charge on any atom is 0.282 e. The summed E-state index contributed by atoms with van der Waals surface area (Å²) in [5.41, 5.74) is -0.0851. The molecule has 0 aliphatic carbocycles. The number of halogens is 2. The van der Waals surface area contributed by atoms with Crippen LogP contribution >= 0.6 is 31.9 Å². The van der Waals surface area contributed by atoms with Crippen LogP contribution in [-0.2, 0) is 6.54 Å². The van der Waals surface area contributed by atoms with Crippen molar-refractivity contribution in [2.45, 2.75) is 32.2 Å². The predicted molar refractivity (Wildman–Crippen MR) is 72.6 cm³/mol. The van der Waals surface area contributed by atoms with Crippen molar-refractivity contribution in [1.82, 2.24) is 9.78 Å². The highest BCUT2D eigenvalue weighted by Crippen LogP contribution is 2.16. The van der Waals surface area contributed by atoms with Crippen molar-refractivity contribution in [3.8, 4) is 0 Å². The van der Waals surface area contributed by atoms with E-state index in [2.05, 4.69) is 43.5 Å². The lowest BCUT2D eigenvalue weighted by Crippen LogP contribution is -2.23. The average molecular weight is 350 g/mol. The van der Waals surface area contributed by atoms with Crippen molar-refractivity contribution in [3.05, 3.63) is 38.2 Å². The Hall–Kier alpha value is -0.420. The Balaban J connectivity index is 2.52. The van der Waals surface area contributed by atoms with Crippen LogP contribution in [0.4, 0.5) is 0 Å². The highest BCUT2D eigenvalue weighted by Gasteiger charge is 2.05. The second-order valence-corrected chi connectivity index (χ2v) is 5.12. The van der Waals surface area contributed by atoms with Crippen LogP contribution in [0.5, 0.6) is 0 Å². The summed E-state index contributed by atoms with van der Waals surface area (Å²) in [7, 11) is 0. The number of hydrogen-bond donors (Lipinski definition) is 0. The number of aromatic nitrogens is 2. The first kappa shape index (κ1) is 13.6. The summed E-state index contributed by atoms with van der Waals surface area (Å²) in [5, 5.41) is 4.06. The minimum atomic E-state index is -0.0851. The monoisotopic (exact) mass is 348 g/mol. The normalized spacial score (nSPS) is 10.4. The number of unbranched alkanes of at least 4 members (excludes halogenated alkanes) is 3. The zero-order chi connectivity index (χ0) is 12.0. The molecule has 0 saturated carbocycles. The fourth-order valence-corrected chi connectivity index (χ4v) is 1.90. The number of allylic oxidation sites excluding steroid dienone is 1. The molecular formula is C11H14Br2N2O. The Kier molecular flexibility index (Phi) is 5.98. The molecule has 88 valence electrons. The Morgan fingerprint density at radius 3 is 2.81 bits per heavy atom. The van der Waals surface area contributed by atoms with Crippen LogP contribution in [0.1, 0.15) is 25.7 Å². The molecular weight excluding hydrogens is 336 g/mol. The van der Waals surface area contributed by atoms with Crippen LogP contribution in [0, 0.1) is 0 Å². The van der Waals surface area contributed by atoms with Crippen LogP contribution in [0.15, 0.2) is 32.6 Å². The van der Waals surface area contributed by atoms with Gasteiger partial charge in [0, 0.05) is 6.54 Å². The van der Waals surface area contributed by atoms with Crippen LogP contribution in [0.2, 0.25) is 0 Å². The van der Waals surface area contributed by atoms with E-state index in [0.717, 1.165) is 25.7 Å². The van der Waals surface area contributed by atoms with Gasteiger partial charge in [0.15, 0.2) is 0 Å². The lowest BCUT2D eigenvalue weighted by molar-refractivity contribution is 0.520. The van der Waals surface area contributed by atoms with Gasteiger partial charge >= 0.3 is 0 Å². The molecule has 0 aliphatic heterocycles. The number of aryl methyl sites for hydroxylation is 1. The molecule has 5 heteroatoms. The van der Waals surface area contributed by atoms with E-state index < -0.39 is 0 Å². The zero-order valence-corrected chi connectivity index (χ0v) is 12.1. The third-order valence-corrected chi connectivity index (χ3v) is 4.12. The minimum Gasteiger partial charge on any atom is -0.266 e. The average Bonchev–Trinajstić information content (AvgIpc) is 2.28. The number of rotatable bonds is 6. The van der Waals surface area contributed by atoms with Crippen molar-refractivity contribution < 1.29 is 0 Å². The van der Waals surface area contributed by atoms with Gasteiger partial charge in [-0.2, -0.15) is 5.10 Å². The fraction of sp³-hybridized carbons (Fsp3) is 0.455. The maximum atomic E-state index is 11.7. The highest BCUT2D eigenvalue weighted by atomic mass is 79.9. The first-order valence-corrected chi connectivity index (χ1v) is 6.77. The Labute approximate surface area is 112 Å². The SMILES string of the molecule is C=CCCCCCn1ncc(Br)c(Br)c1=O. The second-order valence-electron chi connectivity index (χ2n) is 3.47. The summed E-state index contributed by atoms with van der Waals surface area (Å²) in [5.74, 6) is 0. The van der Waals surface area contributed by atoms with Gasteiger partial charge in [-0.05, 0) is 51.1 Å². The molecule has 1 aromatic rings. The van der Waals surface area contributed by atoms with E-state index >= 15 is 0 Å². The van der Waals surface area contributed by atoms with E-state index in [0.29, 0.717) is 15.5 Å². The van der Waals surface area contributed by atoms with Crippen molar-refractivity contribution >= 4 is 31.9 Å². The molecule has 0 unspecified atom stereocenters. The first-order valence-electron chi connectivity index (χ1n) is 5.19. The van der Waals surface area contributed by atoms with Crippen molar-refractivity contribution in [2.24, 2.45) is 0 Å². The largest absolute Gasteiger partial charge is 0.282 e. The van der Waals surface area contributed by atoms with Gasteiger partial charge in [0.1, 0.15) is 4.47 Å². The molecule has 0 aromatic carbocycles. The molecule has 0 spiro atoms. The molecule has 0 aliphatic rings. The van der Waals surface area contributed by atoms with Gasteiger partial charge in [0.25, 0.3) is 5.56 Å². The highest BCUT2D eigenvalue weighted by molar-refractivity contribution is 9.13. The lowest BCUT2D eigenvalue weighted by Gasteiger charge is -2.05. The zero-order valence-electron chi connectivity index (χ0n) is 8.96. The number of nitrogens with zero attached hydrogens (tertiary/aromatic N) is 2. The molecule has 0 fully saturated rings. The van der Waals surface area contributed by atoms with Gasteiger partial charge in [-0.25, -0.2) is 4.68 Å². The summed E-state index contributed by atoms with van der Waals surface area (Å²) in [4.78, 5) is 11.7. The van der Waals surface area contributed by atoms with E-state index in [4.69, 9.17) is 0 Å². The van der Waals surface area contributed by atoms with Crippen LogP contribution < -0.4 is 5.56 Å². The van der Waals surface area contributed by atoms with Gasteiger partial charge < -0.3 is 0 Å². The Bertz CT molecular complexity index is 415. The van der Waals surface area contributed by atoms with Gasteiger partial charge in [0.2, 0.25) is 0 Å². The first-order chi connectivity index (χ1) is 7.66. The van der Waals surface area contributed by atoms with Crippen LogP contribution in [-0.4, -0.2) is 9.78 Å². The quantitative estimate of drug-likeness (QED) is 0.581. The summed E-state index contributed by atoms with van der Waals surface area (Å²) in [6.45, 7) is 4.34. The molecule has 1 aromatic heterocycles. The number of hydrogen-bond acceptors (Lipinski definition) is 2. The van der Waals surface area contributed by atoms with Crippen LogP contribution in [0.3, 0.4) is 0 Å². The molecule has 0 radical (unpaired) electrons. The van der Waals surface area contributed by atoms with Crippen molar-refractivity contribution in [1.29, 1.82) is 0 Å². The van der Waals surface area contributed by atoms with Crippen molar-refractivity contribution in [3.63, 3.8) is 0 Å². The molecule has 0 amide bonds. The van der Waals surface area contributed by atoms with Crippen LogP contribution in [0.25, 0.3) is 0 Å². The Morgan fingerprint density at radius 1 is 1.38 bits per heavy atom. The summed E-state index contributed by atoms with van der Waals surface area (Å²) in [6.07, 6.45) is 7.76. The van der Waals surface area contributed by atoms with Gasteiger partial charge in [-0.1, -0.05) is 12.5 Å². The third-order valence-electron chi connectivity index (χ3n) is 2.22. The van der Waals surface area contributed by atoms with Crippen molar-refractivity contribution in [2.75, 3.05) is 0 Å². The van der Waals surface area contributed by atoms with Gasteiger partial charge in [-0.15, -0.1) is 6.58 Å². The standard InChI is InChI=1S/C11H14Br2N2O/c1-2-3-4-5-6-7-15-11(16)10(13)9(12)8-14-15/h2,8H,1,3-7H2. The Morgan fingerprint density at radius 2 is 2.12 bits per heavy atom. The van der Waals surface area contributed by atoms with E-state index in [1.807, 2.05) is 6.08 Å². The summed E-state index contributed by atoms with van der Waals surface area (Å²) < 4.78 is 2.72.